The Morgan fingerprint density at radius 3 is 2.24 bits per heavy atom. The van der Waals surface area contributed by atoms with Crippen molar-refractivity contribution < 1.29 is 4.42 Å². The van der Waals surface area contributed by atoms with Gasteiger partial charge in [-0.05, 0) is 58.5 Å². The molecule has 1 aliphatic carbocycles. The van der Waals surface area contributed by atoms with Gasteiger partial charge >= 0.3 is 0 Å². The molecule has 2 N–H and O–H groups in total. The lowest BCUT2D eigenvalue weighted by Gasteiger charge is -2.38. The molecule has 0 atom stereocenters. The second-order valence-corrected chi connectivity index (χ2v) is 8.56. The van der Waals surface area contributed by atoms with Gasteiger partial charge in [-0.1, -0.05) is 60.7 Å². The Bertz CT molecular complexity index is 1260. The summed E-state index contributed by atoms with van der Waals surface area (Å²) in [4.78, 5) is 13.5. The maximum absolute atomic E-state index is 13.5. The molecule has 5 rings (SSSR count). The predicted octanol–water partition coefficient (Wildman–Crippen LogP) is 6.23. The van der Waals surface area contributed by atoms with Gasteiger partial charge in [0.1, 0.15) is 5.76 Å². The highest BCUT2D eigenvalue weighted by Gasteiger charge is 2.34. The maximum Gasteiger partial charge on any atom is 0.201 e. The average Bonchev–Trinajstić information content (AvgIpc) is 2.73. The van der Waals surface area contributed by atoms with Gasteiger partial charge in [0.2, 0.25) is 5.43 Å². The molecule has 0 spiro atoms. The number of rotatable bonds is 3. The molecule has 0 radical (unpaired) electrons. The Labute approximate surface area is 177 Å². The zero-order chi connectivity index (χ0) is 20.0. The van der Waals surface area contributed by atoms with Crippen LogP contribution in [-0.2, 0) is 5.54 Å². The third-order valence-corrected chi connectivity index (χ3v) is 6.52. The van der Waals surface area contributed by atoms with Crippen molar-refractivity contribution in [1.29, 1.82) is 0 Å². The van der Waals surface area contributed by atoms with Crippen LogP contribution < -0.4 is 11.2 Å². The van der Waals surface area contributed by atoms with Crippen LogP contribution in [0.5, 0.6) is 0 Å². The van der Waals surface area contributed by atoms with Crippen LogP contribution >= 0.6 is 15.9 Å². The van der Waals surface area contributed by atoms with Crippen LogP contribution in [0.1, 0.15) is 24.8 Å². The molecule has 3 aromatic carbocycles. The minimum Gasteiger partial charge on any atom is -0.454 e. The third-order valence-electron chi connectivity index (χ3n) is 5.90. The van der Waals surface area contributed by atoms with E-state index in [2.05, 4.69) is 15.9 Å². The summed E-state index contributed by atoms with van der Waals surface area (Å²) in [6, 6.07) is 23.4. The molecule has 0 aliphatic heterocycles. The quantitative estimate of drug-likeness (QED) is 0.406. The van der Waals surface area contributed by atoms with Crippen molar-refractivity contribution in [2.75, 3.05) is 0 Å². The van der Waals surface area contributed by atoms with Crippen LogP contribution in [0.25, 0.3) is 33.4 Å². The van der Waals surface area contributed by atoms with E-state index in [-0.39, 0.29) is 11.0 Å². The maximum atomic E-state index is 13.5. The molecule has 1 heterocycles. The van der Waals surface area contributed by atoms with E-state index in [9.17, 15) is 4.79 Å². The summed E-state index contributed by atoms with van der Waals surface area (Å²) in [6.07, 6.45) is 3.18. The Balaban J connectivity index is 1.76. The first kappa shape index (κ1) is 18.3. The van der Waals surface area contributed by atoms with E-state index in [0.29, 0.717) is 22.3 Å². The van der Waals surface area contributed by atoms with Crippen LogP contribution in [0.2, 0.25) is 0 Å². The van der Waals surface area contributed by atoms with Crippen LogP contribution in [0.15, 0.2) is 86.5 Å². The lowest BCUT2D eigenvalue weighted by Crippen LogP contribution is -2.43. The molecule has 0 bridgehead atoms. The molecular weight excluding hydrogens is 426 g/mol. The van der Waals surface area contributed by atoms with E-state index < -0.39 is 0 Å². The summed E-state index contributed by atoms with van der Waals surface area (Å²) in [5, 5.41) is 0.562. The first-order chi connectivity index (χ1) is 14.1. The molecule has 4 heteroatoms. The largest absolute Gasteiger partial charge is 0.454 e. The van der Waals surface area contributed by atoms with Gasteiger partial charge in [0, 0.05) is 11.1 Å². The highest BCUT2D eigenvalue weighted by atomic mass is 79.9. The Morgan fingerprint density at radius 2 is 1.59 bits per heavy atom. The number of hydrogen-bond acceptors (Lipinski definition) is 3. The fourth-order valence-corrected chi connectivity index (χ4v) is 4.50. The normalized spacial score (nSPS) is 15.2. The first-order valence-electron chi connectivity index (χ1n) is 9.77. The lowest BCUT2D eigenvalue weighted by atomic mass is 9.72. The number of nitrogens with two attached hydrogens (primary N) is 1. The van der Waals surface area contributed by atoms with E-state index in [4.69, 9.17) is 10.2 Å². The van der Waals surface area contributed by atoms with E-state index in [1.165, 1.54) is 6.42 Å². The molecule has 4 aromatic rings. The Hall–Kier alpha value is -2.69. The minimum atomic E-state index is -0.223. The summed E-state index contributed by atoms with van der Waals surface area (Å²) >= 11 is 3.52. The molecule has 3 nitrogen and oxygen atoms in total. The standard InChI is InChI=1S/C25H20BrNO2/c26-20-9-4-8-19-22(28)21(23(29-24(19)20)17-6-2-1-3-7-17)16-10-12-18(13-11-16)25(27)14-5-15-25/h1-4,6-13H,5,14-15,27H2. The van der Waals surface area contributed by atoms with Gasteiger partial charge in [0.05, 0.1) is 15.4 Å². The Morgan fingerprint density at radius 1 is 0.862 bits per heavy atom. The fourth-order valence-electron chi connectivity index (χ4n) is 4.05. The summed E-state index contributed by atoms with van der Waals surface area (Å²) in [5.41, 5.74) is 10.2. The van der Waals surface area contributed by atoms with Gasteiger partial charge in [-0.3, -0.25) is 4.79 Å². The van der Waals surface area contributed by atoms with Gasteiger partial charge in [-0.25, -0.2) is 0 Å². The average molecular weight is 446 g/mol. The monoisotopic (exact) mass is 445 g/mol. The number of benzene rings is 3. The number of fused-ring (bicyclic) bond motifs is 1. The van der Waals surface area contributed by atoms with Gasteiger partial charge < -0.3 is 10.2 Å². The summed E-state index contributed by atoms with van der Waals surface area (Å²) < 4.78 is 7.07. The number of para-hydroxylation sites is 1. The molecular formula is C25H20BrNO2. The van der Waals surface area contributed by atoms with E-state index in [0.717, 1.165) is 34.0 Å². The molecule has 144 valence electrons. The molecule has 1 fully saturated rings. The van der Waals surface area contributed by atoms with Gasteiger partial charge in [0.15, 0.2) is 5.58 Å². The van der Waals surface area contributed by atoms with E-state index in [1.54, 1.807) is 0 Å². The molecule has 0 saturated heterocycles. The smallest absolute Gasteiger partial charge is 0.201 e. The molecule has 1 aliphatic rings. The van der Waals surface area contributed by atoms with Gasteiger partial charge in [0.25, 0.3) is 0 Å². The third kappa shape index (κ3) is 3.04. The van der Waals surface area contributed by atoms with E-state index >= 15 is 0 Å². The molecule has 29 heavy (non-hydrogen) atoms. The molecule has 1 saturated carbocycles. The summed E-state index contributed by atoms with van der Waals surface area (Å²) in [6.45, 7) is 0. The van der Waals surface area contributed by atoms with E-state index in [1.807, 2.05) is 72.8 Å². The first-order valence-corrected chi connectivity index (χ1v) is 10.6. The molecule has 0 amide bonds. The predicted molar refractivity (Wildman–Crippen MR) is 121 cm³/mol. The fraction of sp³-hybridized carbons (Fsp3) is 0.160. The highest BCUT2D eigenvalue weighted by Crippen LogP contribution is 2.40. The second kappa shape index (κ2) is 6.97. The van der Waals surface area contributed by atoms with Crippen molar-refractivity contribution in [2.24, 2.45) is 5.73 Å². The van der Waals surface area contributed by atoms with Gasteiger partial charge in [-0.2, -0.15) is 0 Å². The minimum absolute atomic E-state index is 0.0368. The molecule has 0 unspecified atom stereocenters. The van der Waals surface area contributed by atoms with Gasteiger partial charge in [-0.15, -0.1) is 0 Å². The van der Waals surface area contributed by atoms with Crippen molar-refractivity contribution >= 4 is 26.9 Å². The van der Waals surface area contributed by atoms with Crippen LogP contribution in [0.4, 0.5) is 0 Å². The van der Waals surface area contributed by atoms with Crippen molar-refractivity contribution in [2.45, 2.75) is 24.8 Å². The summed E-state index contributed by atoms with van der Waals surface area (Å²) in [5.74, 6) is 0.578. The Kier molecular flexibility index (Phi) is 4.41. The van der Waals surface area contributed by atoms with Crippen LogP contribution in [0.3, 0.4) is 0 Å². The highest BCUT2D eigenvalue weighted by molar-refractivity contribution is 9.10. The van der Waals surface area contributed by atoms with Crippen LogP contribution in [0, 0.1) is 0 Å². The SMILES string of the molecule is NC1(c2ccc(-c3c(-c4ccccc4)oc4c(Br)cccc4c3=O)cc2)CCC1. The molecule has 1 aromatic heterocycles. The van der Waals surface area contributed by atoms with Crippen molar-refractivity contribution in [3.8, 4) is 22.5 Å². The second-order valence-electron chi connectivity index (χ2n) is 7.70. The zero-order valence-electron chi connectivity index (χ0n) is 15.8. The van der Waals surface area contributed by atoms with Crippen molar-refractivity contribution in [3.05, 3.63) is 93.1 Å². The van der Waals surface area contributed by atoms with Crippen LogP contribution in [-0.4, -0.2) is 0 Å². The number of hydrogen-bond donors (Lipinski definition) is 1. The van der Waals surface area contributed by atoms with Crippen molar-refractivity contribution in [3.63, 3.8) is 0 Å². The van der Waals surface area contributed by atoms with Crippen molar-refractivity contribution in [1.82, 2.24) is 0 Å². The number of halogens is 1. The lowest BCUT2D eigenvalue weighted by molar-refractivity contribution is 0.253. The topological polar surface area (TPSA) is 56.2 Å². The zero-order valence-corrected chi connectivity index (χ0v) is 17.4. The summed E-state index contributed by atoms with van der Waals surface area (Å²) in [7, 11) is 0.